The van der Waals surface area contributed by atoms with Crippen LogP contribution < -0.4 is 5.32 Å². The van der Waals surface area contributed by atoms with E-state index in [0.717, 1.165) is 23.3 Å². The van der Waals surface area contributed by atoms with Crippen molar-refractivity contribution in [2.24, 2.45) is 0 Å². The van der Waals surface area contributed by atoms with E-state index in [9.17, 15) is 14.7 Å². The SMILES string of the molecule is Cl.O=C(CN1CCCCC1C(=O)O)NC(c1ccccc1)c1cccs1. The van der Waals surface area contributed by atoms with Crippen molar-refractivity contribution in [3.8, 4) is 0 Å². The van der Waals surface area contributed by atoms with Gasteiger partial charge in [-0.3, -0.25) is 14.5 Å². The zero-order valence-electron chi connectivity index (χ0n) is 14.3. The molecule has 0 bridgehead atoms. The number of piperidine rings is 1. The molecule has 2 aromatic rings. The summed E-state index contributed by atoms with van der Waals surface area (Å²) in [5.41, 5.74) is 1.02. The van der Waals surface area contributed by atoms with Gasteiger partial charge in [-0.25, -0.2) is 0 Å². The third-order valence-corrected chi connectivity index (χ3v) is 5.45. The van der Waals surface area contributed by atoms with Gasteiger partial charge in [0.2, 0.25) is 5.91 Å². The third kappa shape index (κ3) is 5.06. The van der Waals surface area contributed by atoms with Crippen LogP contribution in [-0.2, 0) is 9.59 Å². The average Bonchev–Trinajstić information content (AvgIpc) is 3.15. The second-order valence-electron chi connectivity index (χ2n) is 6.25. The van der Waals surface area contributed by atoms with Crippen LogP contribution in [0.1, 0.15) is 35.7 Å². The van der Waals surface area contributed by atoms with Crippen molar-refractivity contribution >= 4 is 35.6 Å². The molecule has 1 aromatic carbocycles. The zero-order chi connectivity index (χ0) is 17.6. The van der Waals surface area contributed by atoms with E-state index in [2.05, 4.69) is 5.32 Å². The van der Waals surface area contributed by atoms with Crippen molar-refractivity contribution in [1.82, 2.24) is 10.2 Å². The highest BCUT2D eigenvalue weighted by atomic mass is 35.5. The molecule has 0 aliphatic carbocycles. The van der Waals surface area contributed by atoms with E-state index in [1.807, 2.05) is 47.8 Å². The lowest BCUT2D eigenvalue weighted by Crippen LogP contribution is -2.49. The topological polar surface area (TPSA) is 69.6 Å². The highest BCUT2D eigenvalue weighted by Gasteiger charge is 2.30. The van der Waals surface area contributed by atoms with Gasteiger partial charge in [0, 0.05) is 4.88 Å². The first-order valence-electron chi connectivity index (χ1n) is 8.49. The zero-order valence-corrected chi connectivity index (χ0v) is 16.0. The van der Waals surface area contributed by atoms with Gasteiger partial charge in [0.15, 0.2) is 0 Å². The first-order chi connectivity index (χ1) is 12.1. The number of nitrogens with one attached hydrogen (secondary N) is 1. The fourth-order valence-electron chi connectivity index (χ4n) is 3.27. The fraction of sp³-hybridized carbons (Fsp3) is 0.368. The summed E-state index contributed by atoms with van der Waals surface area (Å²) in [5.74, 6) is -0.985. The number of carboxylic acids is 1. The lowest BCUT2D eigenvalue weighted by molar-refractivity contribution is -0.145. The molecule has 0 saturated carbocycles. The molecule has 3 rings (SSSR count). The van der Waals surface area contributed by atoms with Crippen LogP contribution in [0.4, 0.5) is 0 Å². The van der Waals surface area contributed by atoms with E-state index in [1.54, 1.807) is 16.2 Å². The Labute approximate surface area is 163 Å². The lowest BCUT2D eigenvalue weighted by Gasteiger charge is -2.32. The molecule has 140 valence electrons. The second-order valence-corrected chi connectivity index (χ2v) is 7.23. The first-order valence-corrected chi connectivity index (χ1v) is 9.37. The summed E-state index contributed by atoms with van der Waals surface area (Å²) in [6.07, 6.45) is 2.44. The van der Waals surface area contributed by atoms with Gasteiger partial charge >= 0.3 is 5.97 Å². The Bertz CT molecular complexity index is 709. The fourth-order valence-corrected chi connectivity index (χ4v) is 4.07. The van der Waals surface area contributed by atoms with Crippen LogP contribution in [0.5, 0.6) is 0 Å². The van der Waals surface area contributed by atoms with E-state index in [4.69, 9.17) is 0 Å². The standard InChI is InChI=1S/C19H22N2O3S.ClH/c22-17(13-21-11-5-4-9-15(21)19(23)24)20-18(16-10-6-12-25-16)14-7-2-1-3-8-14;/h1-3,6-8,10,12,15,18H,4-5,9,11,13H2,(H,20,22)(H,23,24);1H. The number of nitrogens with zero attached hydrogens (tertiary/aromatic N) is 1. The predicted octanol–water partition coefficient (Wildman–Crippen LogP) is 3.31. The Morgan fingerprint density at radius 2 is 1.96 bits per heavy atom. The van der Waals surface area contributed by atoms with Gasteiger partial charge in [-0.05, 0) is 36.4 Å². The molecule has 0 spiro atoms. The summed E-state index contributed by atoms with van der Waals surface area (Å²) in [5, 5.41) is 14.4. The maximum absolute atomic E-state index is 12.6. The number of halogens is 1. The Morgan fingerprint density at radius 3 is 2.62 bits per heavy atom. The van der Waals surface area contributed by atoms with Crippen LogP contribution in [-0.4, -0.2) is 41.0 Å². The molecule has 1 amide bonds. The Kier molecular flexibility index (Phi) is 7.63. The number of benzene rings is 1. The number of aliphatic carboxylic acids is 1. The maximum atomic E-state index is 12.6. The summed E-state index contributed by atoms with van der Waals surface area (Å²) < 4.78 is 0. The molecular weight excluding hydrogens is 372 g/mol. The lowest BCUT2D eigenvalue weighted by atomic mass is 10.0. The average molecular weight is 395 g/mol. The van der Waals surface area contributed by atoms with Gasteiger partial charge in [0.05, 0.1) is 12.6 Å². The summed E-state index contributed by atoms with van der Waals surface area (Å²) in [4.78, 5) is 26.9. The number of carbonyl (C=O) groups excluding carboxylic acids is 1. The van der Waals surface area contributed by atoms with Crippen molar-refractivity contribution in [3.63, 3.8) is 0 Å². The Morgan fingerprint density at radius 1 is 1.19 bits per heavy atom. The van der Waals surface area contributed by atoms with Crippen molar-refractivity contribution in [2.45, 2.75) is 31.3 Å². The molecule has 2 unspecified atom stereocenters. The van der Waals surface area contributed by atoms with E-state index in [-0.39, 0.29) is 30.9 Å². The first kappa shape index (κ1) is 20.4. The third-order valence-electron chi connectivity index (χ3n) is 4.51. The van der Waals surface area contributed by atoms with Crippen molar-refractivity contribution in [3.05, 3.63) is 58.3 Å². The molecule has 7 heteroatoms. The molecule has 2 atom stereocenters. The number of hydrogen-bond acceptors (Lipinski definition) is 4. The van der Waals surface area contributed by atoms with E-state index < -0.39 is 12.0 Å². The molecule has 2 heterocycles. The second kappa shape index (κ2) is 9.71. The van der Waals surface area contributed by atoms with Gasteiger partial charge in [-0.2, -0.15) is 0 Å². The van der Waals surface area contributed by atoms with Crippen molar-refractivity contribution in [2.75, 3.05) is 13.1 Å². The molecule has 1 saturated heterocycles. The quantitative estimate of drug-likeness (QED) is 0.788. The van der Waals surface area contributed by atoms with E-state index in [1.165, 1.54) is 0 Å². The smallest absolute Gasteiger partial charge is 0.320 e. The van der Waals surface area contributed by atoms with Crippen LogP contribution >= 0.6 is 23.7 Å². The van der Waals surface area contributed by atoms with E-state index in [0.29, 0.717) is 13.0 Å². The maximum Gasteiger partial charge on any atom is 0.320 e. The Hall–Kier alpha value is -1.89. The minimum Gasteiger partial charge on any atom is -0.480 e. The summed E-state index contributed by atoms with van der Waals surface area (Å²) in [7, 11) is 0. The number of hydrogen-bond donors (Lipinski definition) is 2. The van der Waals surface area contributed by atoms with Crippen LogP contribution in [0.3, 0.4) is 0 Å². The number of carboxylic acid groups (broad SMARTS) is 1. The number of amides is 1. The number of likely N-dealkylation sites (tertiary alicyclic amines) is 1. The molecular formula is C19H23ClN2O3S. The van der Waals surface area contributed by atoms with Gasteiger partial charge in [0.1, 0.15) is 6.04 Å². The van der Waals surface area contributed by atoms with Gasteiger partial charge in [-0.1, -0.05) is 42.8 Å². The number of rotatable bonds is 6. The van der Waals surface area contributed by atoms with Crippen LogP contribution in [0.2, 0.25) is 0 Å². The molecule has 5 nitrogen and oxygen atoms in total. The number of thiophene rings is 1. The molecule has 2 N–H and O–H groups in total. The van der Waals surface area contributed by atoms with Gasteiger partial charge < -0.3 is 10.4 Å². The minimum atomic E-state index is -0.842. The molecule has 1 fully saturated rings. The summed E-state index contributed by atoms with van der Waals surface area (Å²) >= 11 is 1.60. The summed E-state index contributed by atoms with van der Waals surface area (Å²) in [6, 6.07) is 13.0. The monoisotopic (exact) mass is 394 g/mol. The molecule has 1 aromatic heterocycles. The predicted molar refractivity (Wildman–Crippen MR) is 105 cm³/mol. The van der Waals surface area contributed by atoms with Crippen LogP contribution in [0, 0.1) is 0 Å². The summed E-state index contributed by atoms with van der Waals surface area (Å²) in [6.45, 7) is 0.769. The van der Waals surface area contributed by atoms with Crippen LogP contribution in [0.15, 0.2) is 47.8 Å². The highest BCUT2D eigenvalue weighted by molar-refractivity contribution is 7.10. The molecule has 1 aliphatic heterocycles. The number of carbonyl (C=O) groups is 2. The van der Waals surface area contributed by atoms with Gasteiger partial charge in [-0.15, -0.1) is 23.7 Å². The highest BCUT2D eigenvalue weighted by Crippen LogP contribution is 2.26. The Balaban J connectivity index is 0.00000243. The van der Waals surface area contributed by atoms with Crippen molar-refractivity contribution < 1.29 is 14.7 Å². The minimum absolute atomic E-state index is 0. The molecule has 0 radical (unpaired) electrons. The van der Waals surface area contributed by atoms with Crippen LogP contribution in [0.25, 0.3) is 0 Å². The van der Waals surface area contributed by atoms with Gasteiger partial charge in [0.25, 0.3) is 0 Å². The van der Waals surface area contributed by atoms with Crippen molar-refractivity contribution in [1.29, 1.82) is 0 Å². The largest absolute Gasteiger partial charge is 0.480 e. The molecule has 1 aliphatic rings. The normalized spacial score (nSPS) is 18.5. The molecule has 26 heavy (non-hydrogen) atoms. The van der Waals surface area contributed by atoms with E-state index >= 15 is 0 Å².